The molecule has 2 rings (SSSR count). The fraction of sp³-hybridized carbons (Fsp3) is 0.500. The molecule has 1 saturated carbocycles. The Morgan fingerprint density at radius 2 is 2.12 bits per heavy atom. The molecule has 1 aliphatic rings. The van der Waals surface area contributed by atoms with Gasteiger partial charge in [-0.3, -0.25) is 0 Å². The van der Waals surface area contributed by atoms with Crippen LogP contribution in [0.4, 0.5) is 0 Å². The van der Waals surface area contributed by atoms with E-state index < -0.39 is 0 Å². The maximum atomic E-state index is 6.09. The summed E-state index contributed by atoms with van der Waals surface area (Å²) in [6.45, 7) is 1.85. The summed E-state index contributed by atoms with van der Waals surface area (Å²) in [5, 5.41) is 4.99. The summed E-state index contributed by atoms with van der Waals surface area (Å²) in [5.41, 5.74) is 1.08. The van der Waals surface area contributed by atoms with Crippen molar-refractivity contribution < 1.29 is 0 Å². The van der Waals surface area contributed by atoms with Crippen LogP contribution in [-0.4, -0.2) is 17.5 Å². The molecule has 0 aromatic heterocycles. The van der Waals surface area contributed by atoms with Crippen LogP contribution < -0.4 is 5.32 Å². The molecule has 1 aromatic carbocycles. The van der Waals surface area contributed by atoms with Crippen LogP contribution >= 0.6 is 35.0 Å². The van der Waals surface area contributed by atoms with Crippen molar-refractivity contribution in [3.8, 4) is 0 Å². The Balaban J connectivity index is 1.87. The molecule has 1 aromatic rings. The molecule has 0 heterocycles. The molecular formula is C12H15Cl2NS. The van der Waals surface area contributed by atoms with E-state index in [1.807, 2.05) is 30.0 Å². The van der Waals surface area contributed by atoms with Crippen LogP contribution in [0, 0.1) is 0 Å². The van der Waals surface area contributed by atoms with Gasteiger partial charge in [0.15, 0.2) is 0 Å². The molecule has 4 heteroatoms. The first-order chi connectivity index (χ1) is 7.65. The van der Waals surface area contributed by atoms with Gasteiger partial charge in [0, 0.05) is 27.9 Å². The highest BCUT2D eigenvalue weighted by Crippen LogP contribution is 2.46. The molecule has 1 fully saturated rings. The Morgan fingerprint density at radius 1 is 1.38 bits per heavy atom. The molecule has 0 spiro atoms. The van der Waals surface area contributed by atoms with Crippen LogP contribution in [0.25, 0.3) is 0 Å². The number of halogens is 2. The van der Waals surface area contributed by atoms with E-state index in [-0.39, 0.29) is 0 Å². The summed E-state index contributed by atoms with van der Waals surface area (Å²) in [7, 11) is 0. The van der Waals surface area contributed by atoms with E-state index in [1.54, 1.807) is 0 Å². The molecule has 0 unspecified atom stereocenters. The Bertz CT molecular complexity index is 377. The lowest BCUT2D eigenvalue weighted by molar-refractivity contribution is 0.663. The van der Waals surface area contributed by atoms with Gasteiger partial charge in [-0.1, -0.05) is 23.2 Å². The molecule has 0 saturated heterocycles. The molecule has 1 aliphatic carbocycles. The van der Waals surface area contributed by atoms with Crippen LogP contribution in [0.5, 0.6) is 0 Å². The van der Waals surface area contributed by atoms with E-state index in [4.69, 9.17) is 23.2 Å². The summed E-state index contributed by atoms with van der Waals surface area (Å²) in [6, 6.07) is 5.59. The number of thioether (sulfide) groups is 1. The SMILES string of the molecule is CSC1(CNCc2cc(Cl)ccc2Cl)CC1. The average molecular weight is 276 g/mol. The van der Waals surface area contributed by atoms with E-state index in [2.05, 4.69) is 11.6 Å². The molecule has 88 valence electrons. The summed E-state index contributed by atoms with van der Waals surface area (Å²) >= 11 is 14.0. The van der Waals surface area contributed by atoms with Gasteiger partial charge in [-0.25, -0.2) is 0 Å². The van der Waals surface area contributed by atoms with Gasteiger partial charge < -0.3 is 5.32 Å². The first-order valence-corrected chi connectivity index (χ1v) is 7.33. The molecule has 0 aliphatic heterocycles. The van der Waals surface area contributed by atoms with E-state index in [0.717, 1.165) is 28.7 Å². The van der Waals surface area contributed by atoms with E-state index in [9.17, 15) is 0 Å². The van der Waals surface area contributed by atoms with E-state index >= 15 is 0 Å². The van der Waals surface area contributed by atoms with Crippen molar-refractivity contribution in [3.63, 3.8) is 0 Å². The third kappa shape index (κ3) is 3.07. The predicted octanol–water partition coefficient (Wildman–Crippen LogP) is 3.98. The zero-order chi connectivity index (χ0) is 11.6. The van der Waals surface area contributed by atoms with Gasteiger partial charge in [-0.2, -0.15) is 11.8 Å². The van der Waals surface area contributed by atoms with Gasteiger partial charge in [0.25, 0.3) is 0 Å². The Hall–Kier alpha value is 0.110. The van der Waals surface area contributed by atoms with Crippen LogP contribution in [0.15, 0.2) is 18.2 Å². The van der Waals surface area contributed by atoms with Crippen molar-refractivity contribution in [2.24, 2.45) is 0 Å². The quantitative estimate of drug-likeness (QED) is 0.873. The van der Waals surface area contributed by atoms with Crippen LogP contribution in [0.1, 0.15) is 18.4 Å². The summed E-state index contributed by atoms with van der Waals surface area (Å²) in [6.07, 6.45) is 4.83. The summed E-state index contributed by atoms with van der Waals surface area (Å²) < 4.78 is 0.491. The minimum absolute atomic E-state index is 0.491. The maximum absolute atomic E-state index is 6.09. The largest absolute Gasteiger partial charge is 0.311 e. The van der Waals surface area contributed by atoms with Crippen LogP contribution in [0.2, 0.25) is 10.0 Å². The Labute approximate surface area is 111 Å². The molecule has 0 bridgehead atoms. The first kappa shape index (κ1) is 12.6. The van der Waals surface area contributed by atoms with E-state index in [0.29, 0.717) is 4.75 Å². The molecule has 1 N–H and O–H groups in total. The fourth-order valence-corrected chi connectivity index (χ4v) is 2.83. The van der Waals surface area contributed by atoms with Gasteiger partial charge in [-0.05, 0) is 42.9 Å². The fourth-order valence-electron chi connectivity index (χ4n) is 1.70. The predicted molar refractivity (Wildman–Crippen MR) is 73.6 cm³/mol. The molecule has 1 nitrogen and oxygen atoms in total. The third-order valence-electron chi connectivity index (χ3n) is 3.01. The zero-order valence-electron chi connectivity index (χ0n) is 9.22. The minimum atomic E-state index is 0.491. The second kappa shape index (κ2) is 5.18. The second-order valence-electron chi connectivity index (χ2n) is 4.23. The van der Waals surface area contributed by atoms with Crippen molar-refractivity contribution in [2.45, 2.75) is 24.1 Å². The first-order valence-electron chi connectivity index (χ1n) is 5.35. The van der Waals surface area contributed by atoms with E-state index in [1.165, 1.54) is 12.8 Å². The number of hydrogen-bond donors (Lipinski definition) is 1. The van der Waals surface area contributed by atoms with Crippen molar-refractivity contribution in [3.05, 3.63) is 33.8 Å². The highest BCUT2D eigenvalue weighted by molar-refractivity contribution is 8.00. The normalized spacial score (nSPS) is 17.4. The van der Waals surface area contributed by atoms with Gasteiger partial charge >= 0.3 is 0 Å². The summed E-state index contributed by atoms with van der Waals surface area (Å²) in [5.74, 6) is 0. The topological polar surface area (TPSA) is 12.0 Å². The van der Waals surface area contributed by atoms with Crippen molar-refractivity contribution >= 4 is 35.0 Å². The number of hydrogen-bond acceptors (Lipinski definition) is 2. The standard InChI is InChI=1S/C12H15Cl2NS/c1-16-12(4-5-12)8-15-7-9-6-10(13)2-3-11(9)14/h2-3,6,15H,4-5,7-8H2,1H3. The monoisotopic (exact) mass is 275 g/mol. The van der Waals surface area contributed by atoms with Crippen molar-refractivity contribution in [1.82, 2.24) is 5.32 Å². The second-order valence-corrected chi connectivity index (χ2v) is 6.34. The minimum Gasteiger partial charge on any atom is -0.311 e. The van der Waals surface area contributed by atoms with Crippen molar-refractivity contribution in [1.29, 1.82) is 0 Å². The van der Waals surface area contributed by atoms with Gasteiger partial charge in [0.05, 0.1) is 0 Å². The van der Waals surface area contributed by atoms with Gasteiger partial charge in [0.1, 0.15) is 0 Å². The lowest BCUT2D eigenvalue weighted by atomic mass is 10.2. The average Bonchev–Trinajstić information content (AvgIpc) is 3.04. The Kier molecular flexibility index (Phi) is 4.06. The van der Waals surface area contributed by atoms with Crippen LogP contribution in [0.3, 0.4) is 0 Å². The highest BCUT2D eigenvalue weighted by atomic mass is 35.5. The lowest BCUT2D eigenvalue weighted by Crippen LogP contribution is -2.25. The number of rotatable bonds is 5. The molecular weight excluding hydrogens is 261 g/mol. The Morgan fingerprint density at radius 3 is 2.75 bits per heavy atom. The molecule has 0 amide bonds. The van der Waals surface area contributed by atoms with Gasteiger partial charge in [-0.15, -0.1) is 0 Å². The highest BCUT2D eigenvalue weighted by Gasteiger charge is 2.41. The van der Waals surface area contributed by atoms with Crippen molar-refractivity contribution in [2.75, 3.05) is 12.8 Å². The molecule has 0 atom stereocenters. The summed E-state index contributed by atoms with van der Waals surface area (Å²) in [4.78, 5) is 0. The molecule has 0 radical (unpaired) electrons. The molecule has 16 heavy (non-hydrogen) atoms. The smallest absolute Gasteiger partial charge is 0.0451 e. The lowest BCUT2D eigenvalue weighted by Gasteiger charge is -2.13. The zero-order valence-corrected chi connectivity index (χ0v) is 11.6. The van der Waals surface area contributed by atoms with Crippen LogP contribution in [-0.2, 0) is 6.54 Å². The number of benzene rings is 1. The third-order valence-corrected chi connectivity index (χ3v) is 5.03. The maximum Gasteiger partial charge on any atom is 0.0451 e. The van der Waals surface area contributed by atoms with Gasteiger partial charge in [0.2, 0.25) is 0 Å². The number of nitrogens with one attached hydrogen (secondary N) is 1.